The predicted octanol–water partition coefficient (Wildman–Crippen LogP) is 3.45. The van der Waals surface area contributed by atoms with Gasteiger partial charge in [0.05, 0.1) is 16.9 Å². The molecule has 5 heteroatoms. The Balaban J connectivity index is 1.75. The van der Waals surface area contributed by atoms with Crippen LogP contribution in [0.1, 0.15) is 24.6 Å². The summed E-state index contributed by atoms with van der Waals surface area (Å²) in [6, 6.07) is 15.8. The first-order valence-corrected chi connectivity index (χ1v) is 8.82. The van der Waals surface area contributed by atoms with Crippen molar-refractivity contribution < 1.29 is 4.79 Å². The second kappa shape index (κ2) is 7.04. The van der Waals surface area contributed by atoms with Crippen LogP contribution in [0.5, 0.6) is 0 Å². The van der Waals surface area contributed by atoms with Gasteiger partial charge in [0, 0.05) is 37.2 Å². The molecule has 3 aromatic rings. The normalized spacial score (nSPS) is 17.9. The molecule has 1 saturated heterocycles. The van der Waals surface area contributed by atoms with Gasteiger partial charge in [-0.3, -0.25) is 14.8 Å². The van der Waals surface area contributed by atoms with E-state index in [1.807, 2.05) is 48.7 Å². The number of aromatic nitrogens is 2. The van der Waals surface area contributed by atoms with E-state index in [2.05, 4.69) is 23.0 Å². The summed E-state index contributed by atoms with van der Waals surface area (Å²) in [6.45, 7) is 2.73. The van der Waals surface area contributed by atoms with Crippen molar-refractivity contribution in [3.63, 3.8) is 0 Å². The summed E-state index contributed by atoms with van der Waals surface area (Å²) in [5.74, 6) is 0.406. The molecule has 1 aromatic carbocycles. The number of pyridine rings is 2. The quantitative estimate of drug-likeness (QED) is 0.681. The number of para-hydroxylation sites is 1. The lowest BCUT2D eigenvalue weighted by molar-refractivity contribution is -0.127. The highest BCUT2D eigenvalue weighted by molar-refractivity contribution is 6.02. The number of rotatable bonds is 4. The van der Waals surface area contributed by atoms with Gasteiger partial charge in [-0.25, -0.2) is 5.01 Å². The molecule has 1 unspecified atom stereocenters. The van der Waals surface area contributed by atoms with Crippen molar-refractivity contribution in [1.82, 2.24) is 15.0 Å². The van der Waals surface area contributed by atoms with Gasteiger partial charge < -0.3 is 0 Å². The van der Waals surface area contributed by atoms with Crippen LogP contribution >= 0.6 is 0 Å². The number of carbonyl (C=O) groups excluding carboxylic acids is 1. The Bertz CT molecular complexity index is 963. The fourth-order valence-corrected chi connectivity index (χ4v) is 3.31. The van der Waals surface area contributed by atoms with Crippen LogP contribution < -0.4 is 0 Å². The van der Waals surface area contributed by atoms with Crippen LogP contribution in [0, 0.1) is 5.92 Å². The average Bonchev–Trinajstić information content (AvgIpc) is 2.99. The van der Waals surface area contributed by atoms with Gasteiger partial charge in [0.15, 0.2) is 0 Å². The number of benzene rings is 1. The minimum absolute atomic E-state index is 0.0746. The van der Waals surface area contributed by atoms with Crippen LogP contribution in [-0.2, 0) is 11.2 Å². The van der Waals surface area contributed by atoms with Crippen molar-refractivity contribution in [1.29, 1.82) is 0 Å². The largest absolute Gasteiger partial charge is 0.273 e. The van der Waals surface area contributed by atoms with E-state index in [-0.39, 0.29) is 5.91 Å². The highest BCUT2D eigenvalue weighted by atomic mass is 16.2. The van der Waals surface area contributed by atoms with E-state index < -0.39 is 0 Å². The SMILES string of the molecule is CC1CC(=O)N(N=C(Cc2ccnc3ccccc23)c2ccccn2)C1. The Labute approximate surface area is 152 Å². The third-order valence-corrected chi connectivity index (χ3v) is 4.59. The number of hydrogen-bond acceptors (Lipinski definition) is 4. The molecule has 1 amide bonds. The van der Waals surface area contributed by atoms with Crippen molar-refractivity contribution in [3.05, 3.63) is 72.2 Å². The lowest BCUT2D eigenvalue weighted by Crippen LogP contribution is -2.22. The molecule has 1 aliphatic heterocycles. The fourth-order valence-electron chi connectivity index (χ4n) is 3.31. The average molecular weight is 344 g/mol. The molecule has 2 aromatic heterocycles. The van der Waals surface area contributed by atoms with Crippen LogP contribution in [0.15, 0.2) is 66.0 Å². The number of hydrazone groups is 1. The molecule has 0 saturated carbocycles. The molecule has 1 atom stereocenters. The summed E-state index contributed by atoms with van der Waals surface area (Å²) < 4.78 is 0. The second-order valence-electron chi connectivity index (χ2n) is 6.71. The van der Waals surface area contributed by atoms with E-state index in [0.29, 0.717) is 25.3 Å². The summed E-state index contributed by atoms with van der Waals surface area (Å²) >= 11 is 0. The number of nitrogens with zero attached hydrogens (tertiary/aromatic N) is 4. The number of fused-ring (bicyclic) bond motifs is 1. The maximum absolute atomic E-state index is 12.2. The van der Waals surface area contributed by atoms with Crippen LogP contribution in [-0.4, -0.2) is 33.1 Å². The summed E-state index contributed by atoms with van der Waals surface area (Å²) in [5, 5.41) is 7.39. The molecular formula is C21H20N4O. The molecule has 130 valence electrons. The van der Waals surface area contributed by atoms with E-state index in [0.717, 1.165) is 27.9 Å². The van der Waals surface area contributed by atoms with Crippen molar-refractivity contribution in [2.45, 2.75) is 19.8 Å². The Morgan fingerprint density at radius 1 is 1.12 bits per heavy atom. The Kier molecular flexibility index (Phi) is 4.44. The summed E-state index contributed by atoms with van der Waals surface area (Å²) in [6.07, 6.45) is 4.72. The Hall–Kier alpha value is -3.08. The lowest BCUT2D eigenvalue weighted by atomic mass is 10.0. The summed E-state index contributed by atoms with van der Waals surface area (Å²) in [4.78, 5) is 21.1. The molecule has 0 bridgehead atoms. The van der Waals surface area contributed by atoms with Gasteiger partial charge in [-0.05, 0) is 35.7 Å². The molecule has 0 spiro atoms. The van der Waals surface area contributed by atoms with Gasteiger partial charge in [-0.15, -0.1) is 0 Å². The highest BCUT2D eigenvalue weighted by Crippen LogP contribution is 2.21. The monoisotopic (exact) mass is 344 g/mol. The minimum atomic E-state index is 0.0746. The van der Waals surface area contributed by atoms with Gasteiger partial charge in [-0.1, -0.05) is 31.2 Å². The molecule has 0 radical (unpaired) electrons. The third kappa shape index (κ3) is 3.33. The summed E-state index contributed by atoms with van der Waals surface area (Å²) in [7, 11) is 0. The second-order valence-corrected chi connectivity index (χ2v) is 6.71. The molecular weight excluding hydrogens is 324 g/mol. The van der Waals surface area contributed by atoms with Crippen LogP contribution in [0.2, 0.25) is 0 Å². The first kappa shape index (κ1) is 16.4. The van der Waals surface area contributed by atoms with E-state index in [1.54, 1.807) is 11.2 Å². The zero-order chi connectivity index (χ0) is 17.9. The maximum atomic E-state index is 12.2. The molecule has 0 aliphatic carbocycles. The van der Waals surface area contributed by atoms with Crippen molar-refractivity contribution in [3.8, 4) is 0 Å². The number of hydrogen-bond donors (Lipinski definition) is 0. The standard InChI is InChI=1S/C21H20N4O/c1-15-12-21(26)25(14-15)24-20(19-8-4-5-10-22-19)13-16-9-11-23-18-7-3-2-6-17(16)18/h2-11,15H,12-14H2,1H3. The van der Waals surface area contributed by atoms with Crippen molar-refractivity contribution >= 4 is 22.5 Å². The molecule has 0 N–H and O–H groups in total. The predicted molar refractivity (Wildman–Crippen MR) is 102 cm³/mol. The lowest BCUT2D eigenvalue weighted by Gasteiger charge is -2.14. The van der Waals surface area contributed by atoms with Crippen molar-refractivity contribution in [2.24, 2.45) is 11.0 Å². The molecule has 4 rings (SSSR count). The van der Waals surface area contributed by atoms with E-state index >= 15 is 0 Å². The third-order valence-electron chi connectivity index (χ3n) is 4.59. The van der Waals surface area contributed by atoms with E-state index in [1.165, 1.54) is 0 Å². The van der Waals surface area contributed by atoms with Gasteiger partial charge in [0.1, 0.15) is 0 Å². The van der Waals surface area contributed by atoms with E-state index in [9.17, 15) is 4.79 Å². The Morgan fingerprint density at radius 3 is 2.73 bits per heavy atom. The maximum Gasteiger partial charge on any atom is 0.243 e. The van der Waals surface area contributed by atoms with Gasteiger partial charge in [-0.2, -0.15) is 5.10 Å². The van der Waals surface area contributed by atoms with Gasteiger partial charge >= 0.3 is 0 Å². The fraction of sp³-hybridized carbons (Fsp3) is 0.238. The van der Waals surface area contributed by atoms with Crippen LogP contribution in [0.25, 0.3) is 10.9 Å². The molecule has 3 heterocycles. The number of carbonyl (C=O) groups is 1. The minimum Gasteiger partial charge on any atom is -0.273 e. The number of amides is 1. The van der Waals surface area contributed by atoms with E-state index in [4.69, 9.17) is 5.10 Å². The topological polar surface area (TPSA) is 58.5 Å². The Morgan fingerprint density at radius 2 is 1.96 bits per heavy atom. The molecule has 1 aliphatic rings. The molecule has 1 fully saturated rings. The molecule has 26 heavy (non-hydrogen) atoms. The van der Waals surface area contributed by atoms with Crippen molar-refractivity contribution in [2.75, 3.05) is 6.54 Å². The zero-order valence-electron chi connectivity index (χ0n) is 14.7. The van der Waals surface area contributed by atoms with Gasteiger partial charge in [0.25, 0.3) is 0 Å². The smallest absolute Gasteiger partial charge is 0.243 e. The first-order valence-electron chi connectivity index (χ1n) is 8.82. The van der Waals surface area contributed by atoms with Crippen LogP contribution in [0.4, 0.5) is 0 Å². The summed E-state index contributed by atoms with van der Waals surface area (Å²) in [5.41, 5.74) is 3.67. The first-order chi connectivity index (χ1) is 12.7. The molecule has 5 nitrogen and oxygen atoms in total. The highest BCUT2D eigenvalue weighted by Gasteiger charge is 2.27. The van der Waals surface area contributed by atoms with Crippen LogP contribution in [0.3, 0.4) is 0 Å². The van der Waals surface area contributed by atoms with Gasteiger partial charge in [0.2, 0.25) is 5.91 Å². The zero-order valence-corrected chi connectivity index (χ0v) is 14.7.